The largest absolute Gasteiger partial charge is 0.468 e. The van der Waals surface area contributed by atoms with Crippen LogP contribution in [0, 0.1) is 5.41 Å². The Morgan fingerprint density at radius 2 is 2.40 bits per heavy atom. The average molecular weight is 207 g/mol. The van der Waals surface area contributed by atoms with Gasteiger partial charge in [-0.15, -0.1) is 0 Å². The Labute approximate surface area is 92.1 Å². The van der Waals surface area contributed by atoms with Crippen molar-refractivity contribution in [3.05, 3.63) is 24.2 Å². The number of hydrogen-bond acceptors (Lipinski definition) is 2. The van der Waals surface area contributed by atoms with Gasteiger partial charge in [-0.1, -0.05) is 20.3 Å². The van der Waals surface area contributed by atoms with Gasteiger partial charge in [0.1, 0.15) is 5.76 Å². The number of hydrogen-bond donors (Lipinski definition) is 1. The Hall–Kier alpha value is -0.760. The maximum Gasteiger partial charge on any atom is 0.117 e. The van der Waals surface area contributed by atoms with E-state index in [1.165, 1.54) is 25.7 Å². The van der Waals surface area contributed by atoms with Crippen molar-refractivity contribution >= 4 is 0 Å². The highest BCUT2D eigenvalue weighted by Gasteiger charge is 2.27. The molecule has 0 aliphatic heterocycles. The molecule has 0 aromatic carbocycles. The first-order valence-electron chi connectivity index (χ1n) is 5.91. The lowest BCUT2D eigenvalue weighted by Crippen LogP contribution is -2.36. The zero-order valence-corrected chi connectivity index (χ0v) is 9.75. The van der Waals surface area contributed by atoms with E-state index in [9.17, 15) is 0 Å². The van der Waals surface area contributed by atoms with E-state index in [2.05, 4.69) is 19.2 Å². The van der Waals surface area contributed by atoms with E-state index in [-0.39, 0.29) is 0 Å². The monoisotopic (exact) mass is 207 g/mol. The summed E-state index contributed by atoms with van der Waals surface area (Å²) in [6, 6.07) is 4.64. The molecule has 0 radical (unpaired) electrons. The minimum Gasteiger partial charge on any atom is -0.468 e. The first kappa shape index (κ1) is 10.7. The van der Waals surface area contributed by atoms with Gasteiger partial charge in [-0.05, 0) is 36.8 Å². The fourth-order valence-electron chi connectivity index (χ4n) is 2.53. The van der Waals surface area contributed by atoms with Crippen molar-refractivity contribution in [1.82, 2.24) is 5.32 Å². The van der Waals surface area contributed by atoms with Gasteiger partial charge in [0.2, 0.25) is 0 Å². The van der Waals surface area contributed by atoms with Crippen LogP contribution in [0.2, 0.25) is 0 Å². The third-order valence-corrected chi connectivity index (χ3v) is 3.35. The molecule has 1 atom stereocenters. The second-order valence-corrected chi connectivity index (χ2v) is 5.42. The van der Waals surface area contributed by atoms with Crippen LogP contribution in [0.15, 0.2) is 22.8 Å². The maximum absolute atomic E-state index is 5.31. The molecule has 2 rings (SSSR count). The van der Waals surface area contributed by atoms with Crippen molar-refractivity contribution in [2.24, 2.45) is 5.41 Å². The van der Waals surface area contributed by atoms with E-state index in [1.807, 2.05) is 12.1 Å². The Bertz CT molecular complexity index is 289. The Morgan fingerprint density at radius 3 is 3.07 bits per heavy atom. The SMILES string of the molecule is CC1(C)CCC[C@@H](NCc2ccco2)C1. The maximum atomic E-state index is 5.31. The summed E-state index contributed by atoms with van der Waals surface area (Å²) in [6.45, 7) is 5.61. The smallest absolute Gasteiger partial charge is 0.117 e. The molecule has 2 heteroatoms. The molecule has 1 saturated carbocycles. The molecule has 84 valence electrons. The fraction of sp³-hybridized carbons (Fsp3) is 0.692. The minimum absolute atomic E-state index is 0.513. The predicted molar refractivity (Wildman–Crippen MR) is 61.6 cm³/mol. The second kappa shape index (κ2) is 4.40. The summed E-state index contributed by atoms with van der Waals surface area (Å²) < 4.78 is 5.31. The lowest BCUT2D eigenvalue weighted by Gasteiger charge is -2.35. The molecule has 1 fully saturated rings. The van der Waals surface area contributed by atoms with Gasteiger partial charge in [-0.2, -0.15) is 0 Å². The Morgan fingerprint density at radius 1 is 1.53 bits per heavy atom. The van der Waals surface area contributed by atoms with E-state index < -0.39 is 0 Å². The van der Waals surface area contributed by atoms with E-state index >= 15 is 0 Å². The van der Waals surface area contributed by atoms with Crippen LogP contribution in [0.25, 0.3) is 0 Å². The van der Waals surface area contributed by atoms with Crippen molar-refractivity contribution in [3.8, 4) is 0 Å². The van der Waals surface area contributed by atoms with Crippen LogP contribution in [0.3, 0.4) is 0 Å². The molecule has 0 amide bonds. The van der Waals surface area contributed by atoms with E-state index in [0.717, 1.165) is 12.3 Å². The predicted octanol–water partition coefficient (Wildman–Crippen LogP) is 3.34. The Balaban J connectivity index is 1.80. The number of nitrogens with one attached hydrogen (secondary N) is 1. The summed E-state index contributed by atoms with van der Waals surface area (Å²) in [5, 5.41) is 3.59. The first-order chi connectivity index (χ1) is 7.16. The van der Waals surface area contributed by atoms with Crippen molar-refractivity contribution in [3.63, 3.8) is 0 Å². The van der Waals surface area contributed by atoms with E-state index in [1.54, 1.807) is 6.26 Å². The summed E-state index contributed by atoms with van der Waals surface area (Å²) in [5.41, 5.74) is 0.513. The van der Waals surface area contributed by atoms with Crippen LogP contribution in [-0.2, 0) is 6.54 Å². The highest BCUT2D eigenvalue weighted by molar-refractivity contribution is 4.98. The van der Waals surface area contributed by atoms with E-state index in [0.29, 0.717) is 11.5 Å². The molecule has 1 aromatic rings. The molecule has 0 unspecified atom stereocenters. The highest BCUT2D eigenvalue weighted by Crippen LogP contribution is 2.35. The lowest BCUT2D eigenvalue weighted by atomic mass is 9.75. The average Bonchev–Trinajstić information content (AvgIpc) is 2.65. The van der Waals surface area contributed by atoms with Crippen LogP contribution >= 0.6 is 0 Å². The molecule has 1 aliphatic carbocycles. The molecule has 1 aromatic heterocycles. The molecule has 1 heterocycles. The van der Waals surface area contributed by atoms with Gasteiger partial charge in [0.05, 0.1) is 12.8 Å². The van der Waals surface area contributed by atoms with Crippen LogP contribution < -0.4 is 5.32 Å². The summed E-state index contributed by atoms with van der Waals surface area (Å²) in [5.74, 6) is 1.04. The topological polar surface area (TPSA) is 25.2 Å². The molecule has 0 saturated heterocycles. The van der Waals surface area contributed by atoms with Gasteiger partial charge in [0.25, 0.3) is 0 Å². The van der Waals surface area contributed by atoms with Crippen molar-refractivity contribution < 1.29 is 4.42 Å². The van der Waals surface area contributed by atoms with Gasteiger partial charge in [0, 0.05) is 6.04 Å². The zero-order chi connectivity index (χ0) is 10.7. The normalized spacial score (nSPS) is 25.3. The zero-order valence-electron chi connectivity index (χ0n) is 9.75. The standard InChI is InChI=1S/C13H21NO/c1-13(2)7-3-5-11(9-13)14-10-12-6-4-8-15-12/h4,6,8,11,14H,3,5,7,9-10H2,1-2H3/t11-/m1/s1. The summed E-state index contributed by atoms with van der Waals surface area (Å²) in [7, 11) is 0. The van der Waals surface area contributed by atoms with Crippen LogP contribution in [0.4, 0.5) is 0 Å². The molecule has 15 heavy (non-hydrogen) atoms. The van der Waals surface area contributed by atoms with Gasteiger partial charge >= 0.3 is 0 Å². The summed E-state index contributed by atoms with van der Waals surface area (Å²) in [4.78, 5) is 0. The van der Waals surface area contributed by atoms with Crippen LogP contribution in [0.5, 0.6) is 0 Å². The molecule has 1 N–H and O–H groups in total. The molecule has 0 spiro atoms. The van der Waals surface area contributed by atoms with Gasteiger partial charge < -0.3 is 9.73 Å². The summed E-state index contributed by atoms with van der Waals surface area (Å²) >= 11 is 0. The molecule has 0 bridgehead atoms. The van der Waals surface area contributed by atoms with Gasteiger partial charge in [0.15, 0.2) is 0 Å². The number of rotatable bonds is 3. The quantitative estimate of drug-likeness (QED) is 0.822. The second-order valence-electron chi connectivity index (χ2n) is 5.42. The molecule has 1 aliphatic rings. The lowest BCUT2D eigenvalue weighted by molar-refractivity contribution is 0.195. The highest BCUT2D eigenvalue weighted by atomic mass is 16.3. The van der Waals surface area contributed by atoms with Crippen LogP contribution in [0.1, 0.15) is 45.3 Å². The molecular formula is C13H21NO. The molecule has 2 nitrogen and oxygen atoms in total. The molecular weight excluding hydrogens is 186 g/mol. The van der Waals surface area contributed by atoms with Gasteiger partial charge in [-0.3, -0.25) is 0 Å². The van der Waals surface area contributed by atoms with Crippen molar-refractivity contribution in [2.45, 2.75) is 52.1 Å². The minimum atomic E-state index is 0.513. The Kier molecular flexibility index (Phi) is 3.15. The van der Waals surface area contributed by atoms with Crippen LogP contribution in [-0.4, -0.2) is 6.04 Å². The van der Waals surface area contributed by atoms with Gasteiger partial charge in [-0.25, -0.2) is 0 Å². The fourth-order valence-corrected chi connectivity index (χ4v) is 2.53. The third kappa shape index (κ3) is 3.10. The summed E-state index contributed by atoms with van der Waals surface area (Å²) in [6.07, 6.45) is 7.05. The van der Waals surface area contributed by atoms with Crippen molar-refractivity contribution in [2.75, 3.05) is 0 Å². The van der Waals surface area contributed by atoms with E-state index in [4.69, 9.17) is 4.42 Å². The first-order valence-corrected chi connectivity index (χ1v) is 5.91. The third-order valence-electron chi connectivity index (χ3n) is 3.35. The number of furan rings is 1. The van der Waals surface area contributed by atoms with Crippen molar-refractivity contribution in [1.29, 1.82) is 0 Å².